The molecule has 1 fully saturated rings. The van der Waals surface area contributed by atoms with Crippen LogP contribution in [0.3, 0.4) is 0 Å². The molecule has 1 unspecified atom stereocenters. The smallest absolute Gasteiger partial charge is 0.221 e. The Morgan fingerprint density at radius 1 is 1.19 bits per heavy atom. The second-order valence-corrected chi connectivity index (χ2v) is 7.04. The lowest BCUT2D eigenvalue weighted by Crippen LogP contribution is -2.42. The number of nitrogens with zero attached hydrogens (tertiary/aromatic N) is 1. The second kappa shape index (κ2) is 10.2. The number of hydrogen-bond donors (Lipinski definition) is 2. The van der Waals surface area contributed by atoms with Crippen molar-refractivity contribution in [1.82, 2.24) is 15.5 Å². The lowest BCUT2D eigenvalue weighted by Gasteiger charge is -2.37. The summed E-state index contributed by atoms with van der Waals surface area (Å²) in [5, 5.41) is 5.68. The predicted octanol–water partition coefficient (Wildman–Crippen LogP) is 2.11. The van der Waals surface area contributed by atoms with Gasteiger partial charge in [-0.05, 0) is 49.5 Å². The Balaban J connectivity index is 1.98. The first-order chi connectivity index (χ1) is 12.5. The second-order valence-electron chi connectivity index (χ2n) is 7.04. The first-order valence-corrected chi connectivity index (χ1v) is 9.38. The number of methoxy groups -OCH3 is 1. The van der Waals surface area contributed by atoms with Crippen molar-refractivity contribution >= 4 is 11.8 Å². The molecule has 144 valence electrons. The molecule has 2 rings (SSSR count). The highest BCUT2D eigenvalue weighted by Gasteiger charge is 2.25. The molecule has 1 saturated heterocycles. The summed E-state index contributed by atoms with van der Waals surface area (Å²) < 4.78 is 5.25. The monoisotopic (exact) mass is 361 g/mol. The number of ether oxygens (including phenoxy) is 1. The summed E-state index contributed by atoms with van der Waals surface area (Å²) >= 11 is 0. The lowest BCUT2D eigenvalue weighted by atomic mass is 9.95. The number of carbonyl (C=O) groups is 2. The third kappa shape index (κ3) is 6.33. The summed E-state index contributed by atoms with van der Waals surface area (Å²) in [6.07, 6.45) is 2.66. The van der Waals surface area contributed by atoms with Crippen LogP contribution in [0.4, 0.5) is 0 Å². The molecular weight excluding hydrogens is 330 g/mol. The van der Waals surface area contributed by atoms with Gasteiger partial charge in [-0.3, -0.25) is 14.5 Å². The maximum atomic E-state index is 12.1. The van der Waals surface area contributed by atoms with Crippen molar-refractivity contribution in [2.45, 2.75) is 39.2 Å². The van der Waals surface area contributed by atoms with Crippen LogP contribution in [0.1, 0.15) is 44.7 Å². The molecule has 1 aliphatic heterocycles. The third-order valence-electron chi connectivity index (χ3n) is 4.98. The van der Waals surface area contributed by atoms with Gasteiger partial charge in [0.25, 0.3) is 0 Å². The summed E-state index contributed by atoms with van der Waals surface area (Å²) in [5.41, 5.74) is 1.18. The highest BCUT2D eigenvalue weighted by atomic mass is 16.5. The Morgan fingerprint density at radius 2 is 1.85 bits per heavy atom. The van der Waals surface area contributed by atoms with Crippen molar-refractivity contribution in [1.29, 1.82) is 0 Å². The number of rotatable bonds is 8. The molecule has 6 heteroatoms. The lowest BCUT2D eigenvalue weighted by molar-refractivity contribution is -0.121. The number of nitrogens with one attached hydrogen (secondary N) is 2. The maximum Gasteiger partial charge on any atom is 0.221 e. The van der Waals surface area contributed by atoms with Crippen LogP contribution in [-0.4, -0.2) is 50.0 Å². The maximum absolute atomic E-state index is 12.1. The number of likely N-dealkylation sites (tertiary alicyclic amines) is 1. The van der Waals surface area contributed by atoms with Gasteiger partial charge in [0.05, 0.1) is 13.2 Å². The molecule has 0 spiro atoms. The first kappa shape index (κ1) is 20.2. The quantitative estimate of drug-likeness (QED) is 0.744. The minimum absolute atomic E-state index is 0.0392. The van der Waals surface area contributed by atoms with Gasteiger partial charge in [-0.15, -0.1) is 0 Å². The van der Waals surface area contributed by atoms with Gasteiger partial charge in [0.2, 0.25) is 11.8 Å². The molecule has 0 radical (unpaired) electrons. The van der Waals surface area contributed by atoms with Crippen LogP contribution in [0.2, 0.25) is 0 Å². The van der Waals surface area contributed by atoms with Crippen LogP contribution in [-0.2, 0) is 9.59 Å². The largest absolute Gasteiger partial charge is 0.497 e. The van der Waals surface area contributed by atoms with Crippen molar-refractivity contribution in [3.63, 3.8) is 0 Å². The van der Waals surface area contributed by atoms with E-state index in [4.69, 9.17) is 4.74 Å². The van der Waals surface area contributed by atoms with Gasteiger partial charge < -0.3 is 15.4 Å². The minimum atomic E-state index is -0.114. The first-order valence-electron chi connectivity index (χ1n) is 9.38. The van der Waals surface area contributed by atoms with Gasteiger partial charge >= 0.3 is 0 Å². The summed E-state index contributed by atoms with van der Waals surface area (Å²) in [7, 11) is 1.66. The van der Waals surface area contributed by atoms with Crippen LogP contribution in [0.5, 0.6) is 5.75 Å². The van der Waals surface area contributed by atoms with E-state index in [2.05, 4.69) is 34.6 Å². The number of piperidine rings is 1. The van der Waals surface area contributed by atoms with Gasteiger partial charge in [-0.25, -0.2) is 0 Å². The Labute approximate surface area is 156 Å². The van der Waals surface area contributed by atoms with Crippen LogP contribution in [0.15, 0.2) is 24.3 Å². The van der Waals surface area contributed by atoms with Crippen molar-refractivity contribution in [3.05, 3.63) is 29.8 Å². The van der Waals surface area contributed by atoms with E-state index < -0.39 is 0 Å². The number of amides is 2. The zero-order valence-corrected chi connectivity index (χ0v) is 16.1. The average molecular weight is 361 g/mol. The summed E-state index contributed by atoms with van der Waals surface area (Å²) in [6.45, 7) is 6.77. The molecule has 1 atom stereocenters. The van der Waals surface area contributed by atoms with Crippen molar-refractivity contribution < 1.29 is 14.3 Å². The van der Waals surface area contributed by atoms with E-state index in [0.29, 0.717) is 19.5 Å². The van der Waals surface area contributed by atoms with Gasteiger partial charge in [0.15, 0.2) is 0 Å². The molecule has 1 aliphatic rings. The molecule has 6 nitrogen and oxygen atoms in total. The zero-order chi connectivity index (χ0) is 18.9. The molecule has 0 bridgehead atoms. The van der Waals surface area contributed by atoms with Gasteiger partial charge in [-0.1, -0.05) is 19.1 Å². The fourth-order valence-corrected chi connectivity index (χ4v) is 3.28. The molecule has 2 N–H and O–H groups in total. The van der Waals surface area contributed by atoms with E-state index in [1.165, 1.54) is 25.3 Å². The summed E-state index contributed by atoms with van der Waals surface area (Å²) in [5.74, 6) is 1.44. The SMILES string of the molecule is COc1ccc(C(CNC(=O)CCNC(C)=O)N2CCC(C)CC2)cc1. The van der Waals surface area contributed by atoms with E-state index in [-0.39, 0.29) is 17.9 Å². The zero-order valence-electron chi connectivity index (χ0n) is 16.1. The Bertz CT molecular complexity index is 580. The topological polar surface area (TPSA) is 70.7 Å². The molecule has 1 aromatic carbocycles. The van der Waals surface area contributed by atoms with Crippen molar-refractivity contribution in [2.75, 3.05) is 33.3 Å². The molecular formula is C20H31N3O3. The van der Waals surface area contributed by atoms with Gasteiger partial charge in [0.1, 0.15) is 5.75 Å². The molecule has 0 aliphatic carbocycles. The fourth-order valence-electron chi connectivity index (χ4n) is 3.28. The van der Waals surface area contributed by atoms with E-state index in [1.807, 2.05) is 12.1 Å². The molecule has 0 aromatic heterocycles. The molecule has 1 heterocycles. The van der Waals surface area contributed by atoms with Crippen molar-refractivity contribution in [2.24, 2.45) is 5.92 Å². The number of carbonyl (C=O) groups excluding carboxylic acids is 2. The van der Waals surface area contributed by atoms with Crippen LogP contribution >= 0.6 is 0 Å². The molecule has 1 aromatic rings. The normalized spacial score (nSPS) is 16.7. The van der Waals surface area contributed by atoms with Crippen LogP contribution in [0, 0.1) is 5.92 Å². The Morgan fingerprint density at radius 3 is 2.42 bits per heavy atom. The highest BCUT2D eigenvalue weighted by Crippen LogP contribution is 2.27. The van der Waals surface area contributed by atoms with Crippen LogP contribution in [0.25, 0.3) is 0 Å². The molecule has 0 saturated carbocycles. The Hall–Kier alpha value is -2.08. The van der Waals surface area contributed by atoms with E-state index in [0.717, 1.165) is 24.8 Å². The summed E-state index contributed by atoms with van der Waals surface area (Å²) in [4.78, 5) is 25.5. The third-order valence-corrected chi connectivity index (χ3v) is 4.98. The average Bonchev–Trinajstić information content (AvgIpc) is 2.63. The highest BCUT2D eigenvalue weighted by molar-refractivity contribution is 5.77. The minimum Gasteiger partial charge on any atom is -0.497 e. The molecule has 2 amide bonds. The summed E-state index contributed by atoms with van der Waals surface area (Å²) in [6, 6.07) is 8.23. The van der Waals surface area contributed by atoms with Gasteiger partial charge in [-0.2, -0.15) is 0 Å². The number of hydrogen-bond acceptors (Lipinski definition) is 4. The Kier molecular flexibility index (Phi) is 7.91. The van der Waals surface area contributed by atoms with E-state index in [9.17, 15) is 9.59 Å². The van der Waals surface area contributed by atoms with E-state index >= 15 is 0 Å². The standard InChI is InChI=1S/C20H31N3O3/c1-15-9-12-23(13-10-15)19(17-4-6-18(26-3)7-5-17)14-22-20(25)8-11-21-16(2)24/h4-7,15,19H,8-14H2,1-3H3,(H,21,24)(H,22,25). The van der Waals surface area contributed by atoms with E-state index in [1.54, 1.807) is 7.11 Å². The fraction of sp³-hybridized carbons (Fsp3) is 0.600. The predicted molar refractivity (Wildman–Crippen MR) is 102 cm³/mol. The van der Waals surface area contributed by atoms with Crippen molar-refractivity contribution in [3.8, 4) is 5.75 Å². The number of benzene rings is 1. The molecule has 26 heavy (non-hydrogen) atoms. The van der Waals surface area contributed by atoms with Gasteiger partial charge in [0, 0.05) is 26.4 Å². The van der Waals surface area contributed by atoms with Crippen LogP contribution < -0.4 is 15.4 Å².